The van der Waals surface area contributed by atoms with Crippen molar-refractivity contribution < 1.29 is 19.4 Å². The molecule has 5 nitrogen and oxygen atoms in total. The topological polar surface area (TPSA) is 81.8 Å². The van der Waals surface area contributed by atoms with Crippen LogP contribution in [0.2, 0.25) is 0 Å². The molecule has 3 N–H and O–H groups in total. The second-order valence-electron chi connectivity index (χ2n) is 3.64. The van der Waals surface area contributed by atoms with Gasteiger partial charge >= 0.3 is 5.97 Å². The van der Waals surface area contributed by atoms with Gasteiger partial charge in [0.05, 0.1) is 5.92 Å². The van der Waals surface area contributed by atoms with Gasteiger partial charge in [0, 0.05) is 6.54 Å². The standard InChI is InChI=1S/C11H13NO4/c1-6-7(8(4-12)11(13)14)2-3-9-10(6)16-5-15-9/h2-3,8H,4-5,12H2,1H3,(H,13,14). The van der Waals surface area contributed by atoms with Crippen LogP contribution < -0.4 is 15.2 Å². The fourth-order valence-corrected chi connectivity index (χ4v) is 1.87. The van der Waals surface area contributed by atoms with Crippen LogP contribution in [-0.2, 0) is 4.79 Å². The van der Waals surface area contributed by atoms with Crippen LogP contribution in [0, 0.1) is 6.92 Å². The highest BCUT2D eigenvalue weighted by molar-refractivity contribution is 5.77. The Labute approximate surface area is 92.8 Å². The van der Waals surface area contributed by atoms with Crippen LogP contribution in [0.5, 0.6) is 11.5 Å². The van der Waals surface area contributed by atoms with Crippen molar-refractivity contribution >= 4 is 5.97 Å². The Morgan fingerprint density at radius 3 is 2.94 bits per heavy atom. The van der Waals surface area contributed by atoms with Crippen LogP contribution >= 0.6 is 0 Å². The molecule has 1 aromatic carbocycles. The summed E-state index contributed by atoms with van der Waals surface area (Å²) in [7, 11) is 0. The Balaban J connectivity index is 2.46. The Kier molecular flexibility index (Phi) is 2.70. The van der Waals surface area contributed by atoms with E-state index < -0.39 is 11.9 Å². The molecule has 1 aromatic rings. The van der Waals surface area contributed by atoms with Crippen LogP contribution in [0.1, 0.15) is 17.0 Å². The summed E-state index contributed by atoms with van der Waals surface area (Å²) in [5.41, 5.74) is 6.93. The zero-order valence-electron chi connectivity index (χ0n) is 8.90. The molecule has 1 heterocycles. The number of carbonyl (C=O) groups is 1. The number of carboxylic acids is 1. The van der Waals surface area contributed by atoms with Crippen molar-refractivity contribution in [2.24, 2.45) is 5.73 Å². The van der Waals surface area contributed by atoms with Crippen molar-refractivity contribution in [2.75, 3.05) is 13.3 Å². The molecule has 0 bridgehead atoms. The van der Waals surface area contributed by atoms with Gasteiger partial charge in [0.15, 0.2) is 11.5 Å². The lowest BCUT2D eigenvalue weighted by Gasteiger charge is -2.14. The fraction of sp³-hybridized carbons (Fsp3) is 0.364. The molecular formula is C11H13NO4. The summed E-state index contributed by atoms with van der Waals surface area (Å²) in [6, 6.07) is 3.45. The van der Waals surface area contributed by atoms with Crippen molar-refractivity contribution in [1.82, 2.24) is 0 Å². The number of nitrogens with two attached hydrogens (primary N) is 1. The monoisotopic (exact) mass is 223 g/mol. The average Bonchev–Trinajstić information content (AvgIpc) is 2.70. The third-order valence-electron chi connectivity index (χ3n) is 2.74. The van der Waals surface area contributed by atoms with Crippen molar-refractivity contribution in [3.05, 3.63) is 23.3 Å². The first kappa shape index (κ1) is 10.8. The number of fused-ring (bicyclic) bond motifs is 1. The van der Waals surface area contributed by atoms with E-state index in [4.69, 9.17) is 20.3 Å². The molecule has 86 valence electrons. The van der Waals surface area contributed by atoms with Gasteiger partial charge in [-0.05, 0) is 24.1 Å². The molecule has 2 rings (SSSR count). The normalized spacial score (nSPS) is 14.9. The molecule has 0 aromatic heterocycles. The molecule has 0 aliphatic carbocycles. The number of benzene rings is 1. The predicted octanol–water partition coefficient (Wildman–Crippen LogP) is 0.851. The van der Waals surface area contributed by atoms with Crippen LogP contribution in [0.25, 0.3) is 0 Å². The van der Waals surface area contributed by atoms with Gasteiger partial charge in [-0.3, -0.25) is 4.79 Å². The lowest BCUT2D eigenvalue weighted by atomic mass is 9.94. The number of hydrogen-bond acceptors (Lipinski definition) is 4. The highest BCUT2D eigenvalue weighted by Gasteiger charge is 2.25. The Morgan fingerprint density at radius 1 is 1.56 bits per heavy atom. The van der Waals surface area contributed by atoms with Gasteiger partial charge in [0.1, 0.15) is 0 Å². The summed E-state index contributed by atoms with van der Waals surface area (Å²) in [6.07, 6.45) is 0. The molecule has 1 aliphatic rings. The first-order valence-corrected chi connectivity index (χ1v) is 4.97. The summed E-state index contributed by atoms with van der Waals surface area (Å²) < 4.78 is 10.5. The second-order valence-corrected chi connectivity index (χ2v) is 3.64. The molecule has 0 fully saturated rings. The van der Waals surface area contributed by atoms with Gasteiger partial charge in [-0.2, -0.15) is 0 Å². The number of hydrogen-bond donors (Lipinski definition) is 2. The van der Waals surface area contributed by atoms with E-state index in [1.54, 1.807) is 12.1 Å². The number of carboxylic acid groups (broad SMARTS) is 1. The third kappa shape index (κ3) is 1.59. The Hall–Kier alpha value is -1.75. The number of aliphatic carboxylic acids is 1. The average molecular weight is 223 g/mol. The van der Waals surface area contributed by atoms with Crippen molar-refractivity contribution in [2.45, 2.75) is 12.8 Å². The quantitative estimate of drug-likeness (QED) is 0.793. The summed E-state index contributed by atoms with van der Waals surface area (Å²) in [5.74, 6) is -0.349. The lowest BCUT2D eigenvalue weighted by molar-refractivity contribution is -0.138. The summed E-state index contributed by atoms with van der Waals surface area (Å²) in [4.78, 5) is 11.0. The Bertz CT molecular complexity index is 430. The third-order valence-corrected chi connectivity index (χ3v) is 2.74. The van der Waals surface area contributed by atoms with Gasteiger partial charge in [-0.25, -0.2) is 0 Å². The number of ether oxygens (including phenoxy) is 2. The van der Waals surface area contributed by atoms with E-state index >= 15 is 0 Å². The fourth-order valence-electron chi connectivity index (χ4n) is 1.87. The van der Waals surface area contributed by atoms with Gasteiger partial charge in [-0.15, -0.1) is 0 Å². The largest absolute Gasteiger partial charge is 0.481 e. The molecule has 5 heteroatoms. The highest BCUT2D eigenvalue weighted by Crippen LogP contribution is 2.38. The van der Waals surface area contributed by atoms with Crippen LogP contribution in [-0.4, -0.2) is 24.4 Å². The molecule has 0 saturated heterocycles. The SMILES string of the molecule is Cc1c(C(CN)C(=O)O)ccc2c1OCO2. The molecule has 16 heavy (non-hydrogen) atoms. The highest BCUT2D eigenvalue weighted by atomic mass is 16.7. The zero-order valence-corrected chi connectivity index (χ0v) is 8.90. The van der Waals surface area contributed by atoms with E-state index in [0.717, 1.165) is 5.56 Å². The smallest absolute Gasteiger partial charge is 0.312 e. The maximum absolute atomic E-state index is 11.0. The first-order chi connectivity index (χ1) is 7.65. The van der Waals surface area contributed by atoms with Crippen molar-refractivity contribution in [1.29, 1.82) is 0 Å². The van der Waals surface area contributed by atoms with Crippen molar-refractivity contribution in [3.8, 4) is 11.5 Å². The minimum absolute atomic E-state index is 0.0653. The van der Waals surface area contributed by atoms with E-state index in [1.807, 2.05) is 6.92 Å². The summed E-state index contributed by atoms with van der Waals surface area (Å²) in [5, 5.41) is 9.05. The Morgan fingerprint density at radius 2 is 2.31 bits per heavy atom. The molecular weight excluding hydrogens is 210 g/mol. The van der Waals surface area contributed by atoms with E-state index in [2.05, 4.69) is 0 Å². The molecule has 0 saturated carbocycles. The number of rotatable bonds is 3. The summed E-state index contributed by atoms with van der Waals surface area (Å²) in [6.45, 7) is 2.06. The molecule has 0 spiro atoms. The molecule has 1 aliphatic heterocycles. The van der Waals surface area contributed by atoms with Crippen molar-refractivity contribution in [3.63, 3.8) is 0 Å². The van der Waals surface area contributed by atoms with Crippen LogP contribution in [0.4, 0.5) is 0 Å². The van der Waals surface area contributed by atoms with Crippen LogP contribution in [0.3, 0.4) is 0 Å². The van der Waals surface area contributed by atoms with E-state index in [1.165, 1.54) is 0 Å². The molecule has 0 radical (unpaired) electrons. The zero-order chi connectivity index (χ0) is 11.7. The molecule has 0 amide bonds. The maximum Gasteiger partial charge on any atom is 0.312 e. The summed E-state index contributed by atoms with van der Waals surface area (Å²) >= 11 is 0. The van der Waals surface area contributed by atoms with Crippen LogP contribution in [0.15, 0.2) is 12.1 Å². The van der Waals surface area contributed by atoms with Gasteiger partial charge in [0.2, 0.25) is 6.79 Å². The van der Waals surface area contributed by atoms with E-state index in [-0.39, 0.29) is 13.3 Å². The van der Waals surface area contributed by atoms with E-state index in [9.17, 15) is 4.79 Å². The molecule has 1 unspecified atom stereocenters. The van der Waals surface area contributed by atoms with E-state index in [0.29, 0.717) is 17.1 Å². The minimum Gasteiger partial charge on any atom is -0.481 e. The molecule has 1 atom stereocenters. The van der Waals surface area contributed by atoms with Gasteiger partial charge < -0.3 is 20.3 Å². The van der Waals surface area contributed by atoms with Gasteiger partial charge in [-0.1, -0.05) is 6.07 Å². The predicted molar refractivity (Wildman–Crippen MR) is 56.7 cm³/mol. The lowest BCUT2D eigenvalue weighted by Crippen LogP contribution is -2.21. The maximum atomic E-state index is 11.0. The minimum atomic E-state index is -0.926. The first-order valence-electron chi connectivity index (χ1n) is 4.97. The second kappa shape index (κ2) is 4.02. The van der Waals surface area contributed by atoms with Gasteiger partial charge in [0.25, 0.3) is 0 Å².